The van der Waals surface area contributed by atoms with Gasteiger partial charge in [0.05, 0.1) is 23.8 Å². The molecule has 29 heavy (non-hydrogen) atoms. The van der Waals surface area contributed by atoms with Crippen molar-refractivity contribution in [1.82, 2.24) is 14.8 Å². The maximum Gasteiger partial charge on any atom is 0.227 e. The molecule has 0 aliphatic carbocycles. The number of likely N-dealkylation sites (tertiary alicyclic amines) is 2. The molecular formula is C23H27N3O3. The van der Waals surface area contributed by atoms with Gasteiger partial charge in [0, 0.05) is 38.7 Å². The van der Waals surface area contributed by atoms with E-state index in [0.717, 1.165) is 11.3 Å². The first kappa shape index (κ1) is 19.6. The quantitative estimate of drug-likeness (QED) is 0.844. The van der Waals surface area contributed by atoms with Crippen LogP contribution in [-0.4, -0.2) is 56.9 Å². The summed E-state index contributed by atoms with van der Waals surface area (Å²) in [5, 5.41) is 10.9. The molecule has 0 saturated carbocycles. The summed E-state index contributed by atoms with van der Waals surface area (Å²) in [5.74, 6) is -0.262. The van der Waals surface area contributed by atoms with E-state index in [2.05, 4.69) is 4.98 Å². The summed E-state index contributed by atoms with van der Waals surface area (Å²) in [7, 11) is 0. The van der Waals surface area contributed by atoms with Crippen molar-refractivity contribution in [2.24, 2.45) is 5.92 Å². The molecule has 152 valence electrons. The molecule has 2 amide bonds. The normalized spacial score (nSPS) is 21.4. The minimum Gasteiger partial charge on any atom is -0.389 e. The lowest BCUT2D eigenvalue weighted by molar-refractivity contribution is -0.139. The number of benzene rings is 1. The van der Waals surface area contributed by atoms with Gasteiger partial charge in [-0.25, -0.2) is 0 Å². The van der Waals surface area contributed by atoms with Crippen molar-refractivity contribution < 1.29 is 14.7 Å². The molecule has 2 aliphatic rings. The van der Waals surface area contributed by atoms with Crippen LogP contribution in [0.5, 0.6) is 0 Å². The zero-order valence-corrected chi connectivity index (χ0v) is 16.5. The second-order valence-electron chi connectivity index (χ2n) is 8.21. The first-order valence-corrected chi connectivity index (χ1v) is 10.3. The summed E-state index contributed by atoms with van der Waals surface area (Å²) in [6, 6.07) is 15.6. The van der Waals surface area contributed by atoms with Crippen LogP contribution in [0.3, 0.4) is 0 Å². The Morgan fingerprint density at radius 1 is 1.10 bits per heavy atom. The zero-order chi connectivity index (χ0) is 20.3. The number of hydrogen-bond donors (Lipinski definition) is 1. The van der Waals surface area contributed by atoms with Gasteiger partial charge in [0.25, 0.3) is 0 Å². The van der Waals surface area contributed by atoms with Gasteiger partial charge in [0.2, 0.25) is 11.8 Å². The maximum absolute atomic E-state index is 13.0. The van der Waals surface area contributed by atoms with Gasteiger partial charge in [-0.1, -0.05) is 36.4 Å². The summed E-state index contributed by atoms with van der Waals surface area (Å²) >= 11 is 0. The smallest absolute Gasteiger partial charge is 0.227 e. The van der Waals surface area contributed by atoms with Crippen molar-refractivity contribution in [3.63, 3.8) is 0 Å². The summed E-state index contributed by atoms with van der Waals surface area (Å²) in [5.41, 5.74) is 1.17. The van der Waals surface area contributed by atoms with Crippen molar-refractivity contribution in [3.8, 4) is 0 Å². The molecule has 0 spiro atoms. The van der Waals surface area contributed by atoms with Crippen molar-refractivity contribution in [2.45, 2.75) is 37.8 Å². The van der Waals surface area contributed by atoms with Gasteiger partial charge in [-0.3, -0.25) is 14.6 Å². The Morgan fingerprint density at radius 2 is 1.83 bits per heavy atom. The zero-order valence-electron chi connectivity index (χ0n) is 16.5. The lowest BCUT2D eigenvalue weighted by Gasteiger charge is -2.39. The predicted octanol–water partition coefficient (Wildman–Crippen LogP) is 2.03. The SMILES string of the molecule is O=C1CC(C(=O)N2CCC(O)(Cc3ccccc3)CC2)CN1Cc1ccccn1. The molecule has 4 rings (SSSR count). The van der Waals surface area contributed by atoms with E-state index in [1.807, 2.05) is 53.4 Å². The number of pyridine rings is 1. The topological polar surface area (TPSA) is 73.7 Å². The van der Waals surface area contributed by atoms with Gasteiger partial charge in [-0.05, 0) is 30.5 Å². The Balaban J connectivity index is 1.31. The van der Waals surface area contributed by atoms with Crippen molar-refractivity contribution in [3.05, 3.63) is 66.0 Å². The van der Waals surface area contributed by atoms with Crippen LogP contribution in [0.15, 0.2) is 54.7 Å². The molecule has 2 fully saturated rings. The van der Waals surface area contributed by atoms with E-state index in [9.17, 15) is 14.7 Å². The van der Waals surface area contributed by atoms with E-state index in [1.165, 1.54) is 0 Å². The van der Waals surface area contributed by atoms with Gasteiger partial charge in [-0.15, -0.1) is 0 Å². The summed E-state index contributed by atoms with van der Waals surface area (Å²) < 4.78 is 0. The predicted molar refractivity (Wildman–Crippen MR) is 109 cm³/mol. The monoisotopic (exact) mass is 393 g/mol. The third-order valence-electron chi connectivity index (χ3n) is 6.02. The minimum atomic E-state index is -0.769. The molecule has 1 aromatic heterocycles. The second kappa shape index (κ2) is 8.33. The van der Waals surface area contributed by atoms with Crippen molar-refractivity contribution >= 4 is 11.8 Å². The Morgan fingerprint density at radius 3 is 2.52 bits per heavy atom. The molecule has 2 saturated heterocycles. The van der Waals surface area contributed by atoms with Crippen LogP contribution in [-0.2, 0) is 22.6 Å². The van der Waals surface area contributed by atoms with E-state index in [1.54, 1.807) is 11.1 Å². The highest BCUT2D eigenvalue weighted by atomic mass is 16.3. The van der Waals surface area contributed by atoms with E-state index >= 15 is 0 Å². The first-order valence-electron chi connectivity index (χ1n) is 10.3. The van der Waals surface area contributed by atoms with E-state index in [-0.39, 0.29) is 24.2 Å². The van der Waals surface area contributed by atoms with Crippen molar-refractivity contribution in [2.75, 3.05) is 19.6 Å². The van der Waals surface area contributed by atoms with Crippen LogP contribution in [0.2, 0.25) is 0 Å². The lowest BCUT2D eigenvalue weighted by atomic mass is 9.85. The Hall–Kier alpha value is -2.73. The van der Waals surface area contributed by atoms with Crippen LogP contribution in [0, 0.1) is 5.92 Å². The number of aromatic nitrogens is 1. The van der Waals surface area contributed by atoms with Crippen LogP contribution in [0.1, 0.15) is 30.5 Å². The highest BCUT2D eigenvalue weighted by Gasteiger charge is 2.40. The average molecular weight is 393 g/mol. The van der Waals surface area contributed by atoms with Gasteiger partial charge >= 0.3 is 0 Å². The molecule has 3 heterocycles. The number of hydrogen-bond acceptors (Lipinski definition) is 4. The minimum absolute atomic E-state index is 0.00611. The number of piperidine rings is 1. The number of nitrogens with zero attached hydrogens (tertiary/aromatic N) is 3. The molecule has 1 N–H and O–H groups in total. The van der Waals surface area contributed by atoms with Gasteiger partial charge in [-0.2, -0.15) is 0 Å². The highest BCUT2D eigenvalue weighted by molar-refractivity contribution is 5.89. The molecule has 6 nitrogen and oxygen atoms in total. The number of rotatable bonds is 5. The van der Waals surface area contributed by atoms with Crippen molar-refractivity contribution in [1.29, 1.82) is 0 Å². The van der Waals surface area contributed by atoms with Crippen LogP contribution >= 0.6 is 0 Å². The Bertz CT molecular complexity index is 848. The summed E-state index contributed by atoms with van der Waals surface area (Å²) in [6.07, 6.45) is 3.70. The van der Waals surface area contributed by atoms with Crippen LogP contribution < -0.4 is 0 Å². The fourth-order valence-electron chi connectivity index (χ4n) is 4.33. The molecule has 1 aromatic carbocycles. The van der Waals surface area contributed by atoms with Crippen LogP contribution in [0.4, 0.5) is 0 Å². The Labute approximate surface area is 171 Å². The molecular weight excluding hydrogens is 366 g/mol. The highest BCUT2D eigenvalue weighted by Crippen LogP contribution is 2.29. The lowest BCUT2D eigenvalue weighted by Crippen LogP contribution is -2.49. The van der Waals surface area contributed by atoms with Gasteiger partial charge < -0.3 is 14.9 Å². The third-order valence-corrected chi connectivity index (χ3v) is 6.02. The summed E-state index contributed by atoms with van der Waals surface area (Å²) in [4.78, 5) is 33.1. The number of aliphatic hydroxyl groups is 1. The first-order chi connectivity index (χ1) is 14.0. The molecule has 2 aliphatic heterocycles. The van der Waals surface area contributed by atoms with E-state index in [0.29, 0.717) is 45.4 Å². The summed E-state index contributed by atoms with van der Waals surface area (Å²) in [6.45, 7) is 1.96. The standard InChI is InChI=1S/C23H27N3O3/c27-21-14-19(16-26(21)17-20-8-4-5-11-24-20)22(28)25-12-9-23(29,10-13-25)15-18-6-2-1-3-7-18/h1-8,11,19,29H,9-10,12-17H2. The molecule has 2 aromatic rings. The number of carbonyl (C=O) groups excluding carboxylic acids is 2. The molecule has 6 heteroatoms. The number of amides is 2. The molecule has 0 bridgehead atoms. The van der Waals surface area contributed by atoms with Crippen LogP contribution in [0.25, 0.3) is 0 Å². The molecule has 1 unspecified atom stereocenters. The molecule has 1 atom stereocenters. The van der Waals surface area contributed by atoms with Gasteiger partial charge in [0.1, 0.15) is 0 Å². The Kier molecular flexibility index (Phi) is 5.62. The maximum atomic E-state index is 13.0. The third kappa shape index (κ3) is 4.65. The molecule has 0 radical (unpaired) electrons. The second-order valence-corrected chi connectivity index (χ2v) is 8.21. The van der Waals surface area contributed by atoms with Gasteiger partial charge in [0.15, 0.2) is 0 Å². The fourth-order valence-corrected chi connectivity index (χ4v) is 4.33. The van der Waals surface area contributed by atoms with E-state index in [4.69, 9.17) is 0 Å². The largest absolute Gasteiger partial charge is 0.389 e. The average Bonchev–Trinajstić information content (AvgIpc) is 3.10. The number of carbonyl (C=O) groups is 2. The fraction of sp³-hybridized carbons (Fsp3) is 0.435. The van der Waals surface area contributed by atoms with E-state index < -0.39 is 5.60 Å².